The summed E-state index contributed by atoms with van der Waals surface area (Å²) in [7, 11) is 1.09. The van der Waals surface area contributed by atoms with Crippen LogP contribution in [0.25, 0.3) is 0 Å². The molecule has 0 heterocycles. The van der Waals surface area contributed by atoms with Crippen molar-refractivity contribution in [2.24, 2.45) is 0 Å². The molecule has 30 heavy (non-hydrogen) atoms. The number of hydrogen-bond donors (Lipinski definition) is 0. The van der Waals surface area contributed by atoms with E-state index in [1.54, 1.807) is 44.4 Å². The van der Waals surface area contributed by atoms with Gasteiger partial charge in [0.25, 0.3) is 5.91 Å². The molecule has 0 atom stereocenters. The number of carbonyl (C=O) groups excluding carboxylic acids is 1. The lowest BCUT2D eigenvalue weighted by Gasteiger charge is -2.23. The lowest BCUT2D eigenvalue weighted by atomic mass is 10.1. The molecule has 0 spiro atoms. The first-order chi connectivity index (χ1) is 14.1. The molecule has 8 heteroatoms. The van der Waals surface area contributed by atoms with Crippen LogP contribution in [0.3, 0.4) is 0 Å². The summed E-state index contributed by atoms with van der Waals surface area (Å²) in [6, 6.07) is 11.4. The second kappa shape index (κ2) is 9.95. The van der Waals surface area contributed by atoms with Crippen LogP contribution in [0.1, 0.15) is 36.7 Å². The van der Waals surface area contributed by atoms with Crippen LogP contribution in [-0.4, -0.2) is 57.4 Å². The molecule has 0 aliphatic heterocycles. The number of methoxy groups -OCH3 is 2. The van der Waals surface area contributed by atoms with Crippen molar-refractivity contribution in [3.8, 4) is 11.5 Å². The molecule has 0 bridgehead atoms. The van der Waals surface area contributed by atoms with Gasteiger partial charge in [-0.05, 0) is 62.7 Å². The van der Waals surface area contributed by atoms with Gasteiger partial charge < -0.3 is 14.4 Å². The van der Waals surface area contributed by atoms with E-state index in [1.165, 1.54) is 16.4 Å². The molecule has 0 aliphatic carbocycles. The summed E-state index contributed by atoms with van der Waals surface area (Å²) in [6.07, 6.45) is 0. The molecule has 0 saturated carbocycles. The van der Waals surface area contributed by atoms with Crippen LogP contribution in [0.5, 0.6) is 11.5 Å². The summed E-state index contributed by atoms with van der Waals surface area (Å²) >= 11 is 0. The molecule has 0 aliphatic rings. The third-order valence-electron chi connectivity index (χ3n) is 5.00. The van der Waals surface area contributed by atoms with Gasteiger partial charge >= 0.3 is 0 Å². The minimum atomic E-state index is -3.59. The van der Waals surface area contributed by atoms with Crippen molar-refractivity contribution in [1.29, 1.82) is 0 Å². The van der Waals surface area contributed by atoms with Gasteiger partial charge in [-0.1, -0.05) is 6.07 Å². The largest absolute Gasteiger partial charge is 0.493 e. The molecule has 0 fully saturated rings. The maximum atomic E-state index is 13.0. The molecule has 0 N–H and O–H groups in total. The molecule has 0 radical (unpaired) electrons. The number of nitrogens with zero attached hydrogens (tertiary/aromatic N) is 2. The number of carbonyl (C=O) groups is 1. The van der Waals surface area contributed by atoms with Crippen molar-refractivity contribution in [3.63, 3.8) is 0 Å². The normalized spacial score (nSPS) is 11.6. The molecule has 1 amide bonds. The van der Waals surface area contributed by atoms with Gasteiger partial charge in [0.15, 0.2) is 11.5 Å². The highest BCUT2D eigenvalue weighted by Gasteiger charge is 2.24. The standard InChI is InChI=1S/C22H30N2O5S/c1-7-24(15-17-8-13-20(28-5)21(14-17)29-6)22(25)18-9-11-19(12-10-18)30(26,27)23(4)16(2)3/h8-14,16H,7,15H2,1-6H3. The van der Waals surface area contributed by atoms with E-state index >= 15 is 0 Å². The van der Waals surface area contributed by atoms with Crippen LogP contribution in [0.4, 0.5) is 0 Å². The highest BCUT2D eigenvalue weighted by molar-refractivity contribution is 7.89. The molecular formula is C22H30N2O5S. The van der Waals surface area contributed by atoms with Gasteiger partial charge in [0, 0.05) is 31.7 Å². The van der Waals surface area contributed by atoms with Crippen molar-refractivity contribution in [1.82, 2.24) is 9.21 Å². The minimum absolute atomic E-state index is 0.159. The van der Waals surface area contributed by atoms with E-state index < -0.39 is 10.0 Å². The predicted molar refractivity (Wildman–Crippen MR) is 116 cm³/mol. The fourth-order valence-electron chi connectivity index (χ4n) is 2.92. The second-order valence-corrected chi connectivity index (χ2v) is 9.15. The monoisotopic (exact) mass is 434 g/mol. The highest BCUT2D eigenvalue weighted by atomic mass is 32.2. The van der Waals surface area contributed by atoms with Gasteiger partial charge in [0.05, 0.1) is 19.1 Å². The fourth-order valence-corrected chi connectivity index (χ4v) is 4.29. The molecule has 0 aromatic heterocycles. The van der Waals surface area contributed by atoms with Crippen molar-refractivity contribution in [2.75, 3.05) is 27.8 Å². The number of benzene rings is 2. The van der Waals surface area contributed by atoms with Crippen molar-refractivity contribution in [2.45, 2.75) is 38.3 Å². The molecule has 7 nitrogen and oxygen atoms in total. The summed E-state index contributed by atoms with van der Waals surface area (Å²) < 4.78 is 37.1. The number of ether oxygens (including phenoxy) is 2. The maximum Gasteiger partial charge on any atom is 0.254 e. The Labute approximate surface area is 179 Å². The second-order valence-electron chi connectivity index (χ2n) is 7.15. The Morgan fingerprint density at radius 2 is 1.60 bits per heavy atom. The molecule has 164 valence electrons. The summed E-state index contributed by atoms with van der Waals surface area (Å²) in [5.74, 6) is 1.05. The fraction of sp³-hybridized carbons (Fsp3) is 0.409. The highest BCUT2D eigenvalue weighted by Crippen LogP contribution is 2.28. The van der Waals surface area contributed by atoms with Gasteiger partial charge in [-0.2, -0.15) is 4.31 Å². The molecule has 2 rings (SSSR count). The Kier molecular flexibility index (Phi) is 7.86. The summed E-state index contributed by atoms with van der Waals surface area (Å²) in [5.41, 5.74) is 1.34. The Morgan fingerprint density at radius 1 is 1.00 bits per heavy atom. The van der Waals surface area contributed by atoms with E-state index in [0.29, 0.717) is 30.2 Å². The van der Waals surface area contributed by atoms with Crippen molar-refractivity contribution < 1.29 is 22.7 Å². The van der Waals surface area contributed by atoms with Crippen LogP contribution in [-0.2, 0) is 16.6 Å². The minimum Gasteiger partial charge on any atom is -0.493 e. The first-order valence-electron chi connectivity index (χ1n) is 9.74. The van der Waals surface area contributed by atoms with E-state index in [-0.39, 0.29) is 16.8 Å². The van der Waals surface area contributed by atoms with Crippen LogP contribution in [0.15, 0.2) is 47.4 Å². The van der Waals surface area contributed by atoms with E-state index in [9.17, 15) is 13.2 Å². The van der Waals surface area contributed by atoms with E-state index in [2.05, 4.69) is 0 Å². The summed E-state index contributed by atoms with van der Waals surface area (Å²) in [5, 5.41) is 0. The van der Waals surface area contributed by atoms with Gasteiger partial charge in [-0.15, -0.1) is 0 Å². The summed E-state index contributed by atoms with van der Waals surface area (Å²) in [6.45, 7) is 6.41. The summed E-state index contributed by atoms with van der Waals surface area (Å²) in [4.78, 5) is 14.8. The average molecular weight is 435 g/mol. The van der Waals surface area contributed by atoms with E-state index in [1.807, 2.05) is 32.9 Å². The Morgan fingerprint density at radius 3 is 2.10 bits per heavy atom. The Bertz CT molecular complexity index is 972. The Hall–Kier alpha value is -2.58. The maximum absolute atomic E-state index is 13.0. The van der Waals surface area contributed by atoms with Gasteiger partial charge in [0.2, 0.25) is 10.0 Å². The SMILES string of the molecule is CCN(Cc1ccc(OC)c(OC)c1)C(=O)c1ccc(S(=O)(=O)N(C)C(C)C)cc1. The molecule has 0 saturated heterocycles. The molecular weight excluding hydrogens is 404 g/mol. The Balaban J connectivity index is 2.22. The lowest BCUT2D eigenvalue weighted by molar-refractivity contribution is 0.0752. The molecule has 2 aromatic carbocycles. The van der Waals surface area contributed by atoms with Crippen LogP contribution in [0.2, 0.25) is 0 Å². The molecule has 0 unspecified atom stereocenters. The topological polar surface area (TPSA) is 76.1 Å². The lowest BCUT2D eigenvalue weighted by Crippen LogP contribution is -2.33. The van der Waals surface area contributed by atoms with E-state index in [0.717, 1.165) is 5.56 Å². The third kappa shape index (κ3) is 5.12. The predicted octanol–water partition coefficient (Wildman–Crippen LogP) is 3.40. The van der Waals surface area contributed by atoms with Crippen LogP contribution in [0, 0.1) is 0 Å². The van der Waals surface area contributed by atoms with Gasteiger partial charge in [-0.3, -0.25) is 4.79 Å². The zero-order chi connectivity index (χ0) is 22.5. The first kappa shape index (κ1) is 23.7. The van der Waals surface area contributed by atoms with Gasteiger partial charge in [-0.25, -0.2) is 8.42 Å². The number of rotatable bonds is 9. The zero-order valence-corrected chi connectivity index (χ0v) is 19.2. The quantitative estimate of drug-likeness (QED) is 0.605. The first-order valence-corrected chi connectivity index (χ1v) is 11.2. The van der Waals surface area contributed by atoms with Crippen molar-refractivity contribution in [3.05, 3.63) is 53.6 Å². The van der Waals surface area contributed by atoms with Crippen molar-refractivity contribution >= 4 is 15.9 Å². The smallest absolute Gasteiger partial charge is 0.254 e. The van der Waals surface area contributed by atoms with E-state index in [4.69, 9.17) is 9.47 Å². The number of sulfonamides is 1. The average Bonchev–Trinajstić information content (AvgIpc) is 2.76. The number of amides is 1. The van der Waals surface area contributed by atoms with Crippen LogP contribution >= 0.6 is 0 Å². The third-order valence-corrected chi connectivity index (χ3v) is 7.04. The molecule has 2 aromatic rings. The van der Waals surface area contributed by atoms with Crippen LogP contribution < -0.4 is 9.47 Å². The number of hydrogen-bond acceptors (Lipinski definition) is 5. The van der Waals surface area contributed by atoms with Gasteiger partial charge in [0.1, 0.15) is 0 Å². The zero-order valence-electron chi connectivity index (χ0n) is 18.4.